The molecule has 1 saturated heterocycles. The van der Waals surface area contributed by atoms with Crippen molar-refractivity contribution in [1.29, 1.82) is 0 Å². The summed E-state index contributed by atoms with van der Waals surface area (Å²) in [7, 11) is 1.58. The fourth-order valence-electron chi connectivity index (χ4n) is 2.92. The zero-order chi connectivity index (χ0) is 16.1. The lowest BCUT2D eigenvalue weighted by Gasteiger charge is -2.32. The lowest BCUT2D eigenvalue weighted by Crippen LogP contribution is -3.29. The first-order chi connectivity index (χ1) is 10.5. The summed E-state index contributed by atoms with van der Waals surface area (Å²) in [6.45, 7) is 9.68. The van der Waals surface area contributed by atoms with Crippen LogP contribution in [0.5, 0.6) is 5.75 Å². The molecule has 0 aromatic heterocycles. The second-order valence-electron chi connectivity index (χ2n) is 5.82. The molecule has 0 spiro atoms. The highest BCUT2D eigenvalue weighted by atomic mass is 35.5. The Morgan fingerprint density at radius 3 is 2.64 bits per heavy atom. The molecule has 1 heterocycles. The first kappa shape index (κ1) is 17.1. The topological polar surface area (TPSA) is 47.2 Å². The van der Waals surface area contributed by atoms with E-state index >= 15 is 0 Å². The number of nitrogens with one attached hydrogen (secondary N) is 3. The van der Waals surface area contributed by atoms with Gasteiger partial charge in [0.25, 0.3) is 5.91 Å². The first-order valence-electron chi connectivity index (χ1n) is 7.87. The van der Waals surface area contributed by atoms with Gasteiger partial charge in [-0.25, -0.2) is 0 Å². The van der Waals surface area contributed by atoms with Crippen LogP contribution in [0.25, 0.3) is 0 Å². The van der Waals surface area contributed by atoms with E-state index in [-0.39, 0.29) is 11.9 Å². The van der Waals surface area contributed by atoms with E-state index in [1.54, 1.807) is 30.2 Å². The fourth-order valence-corrected chi connectivity index (χ4v) is 3.09. The summed E-state index contributed by atoms with van der Waals surface area (Å²) in [6, 6.07) is 5.15. The molecule has 22 heavy (non-hydrogen) atoms. The van der Waals surface area contributed by atoms with Gasteiger partial charge in [0.2, 0.25) is 0 Å². The van der Waals surface area contributed by atoms with E-state index in [0.29, 0.717) is 16.5 Å². The van der Waals surface area contributed by atoms with Crippen LogP contribution in [-0.4, -0.2) is 51.8 Å². The van der Waals surface area contributed by atoms with E-state index in [1.165, 1.54) is 4.90 Å². The van der Waals surface area contributed by atoms with Crippen LogP contribution < -0.4 is 19.9 Å². The number of rotatable bonds is 5. The van der Waals surface area contributed by atoms with Crippen molar-refractivity contribution in [2.45, 2.75) is 19.9 Å². The predicted octanol–water partition coefficient (Wildman–Crippen LogP) is -0.521. The van der Waals surface area contributed by atoms with Crippen molar-refractivity contribution in [2.75, 3.05) is 45.2 Å². The number of benzene rings is 1. The Bertz CT molecular complexity index is 516. The summed E-state index contributed by atoms with van der Waals surface area (Å²) in [4.78, 5) is 15.5. The number of carbonyl (C=O) groups excluding carboxylic acids is 1. The van der Waals surface area contributed by atoms with E-state index < -0.39 is 0 Å². The summed E-state index contributed by atoms with van der Waals surface area (Å²) < 4.78 is 5.27. The normalized spacial score (nSPS) is 22.9. The van der Waals surface area contributed by atoms with Crippen molar-refractivity contribution in [2.24, 2.45) is 0 Å². The van der Waals surface area contributed by atoms with Crippen molar-refractivity contribution in [3.63, 3.8) is 0 Å². The lowest BCUT2D eigenvalue weighted by atomic mass is 10.2. The van der Waals surface area contributed by atoms with Gasteiger partial charge >= 0.3 is 0 Å². The van der Waals surface area contributed by atoms with E-state index in [1.807, 2.05) is 6.92 Å². The number of ether oxygens (including phenoxy) is 1. The summed E-state index contributed by atoms with van der Waals surface area (Å²) >= 11 is 6.00. The van der Waals surface area contributed by atoms with Crippen LogP contribution in [0.2, 0.25) is 5.02 Å². The monoisotopic (exact) mass is 327 g/mol. The summed E-state index contributed by atoms with van der Waals surface area (Å²) in [5.41, 5.74) is 0.629. The number of methoxy groups -OCH3 is 1. The molecule has 1 aromatic rings. The van der Waals surface area contributed by atoms with Gasteiger partial charge in [0, 0.05) is 5.02 Å². The molecule has 1 fully saturated rings. The van der Waals surface area contributed by atoms with Crippen LogP contribution in [0.1, 0.15) is 13.8 Å². The Kier molecular flexibility index (Phi) is 6.06. The van der Waals surface area contributed by atoms with Gasteiger partial charge in [-0.3, -0.25) is 4.79 Å². The quantitative estimate of drug-likeness (QED) is 0.681. The van der Waals surface area contributed by atoms with Crippen molar-refractivity contribution in [1.82, 2.24) is 0 Å². The Labute approximate surface area is 137 Å². The lowest BCUT2D eigenvalue weighted by molar-refractivity contribution is -1.02. The number of quaternary nitrogens is 2. The third-order valence-electron chi connectivity index (χ3n) is 4.52. The van der Waals surface area contributed by atoms with Crippen molar-refractivity contribution >= 4 is 23.2 Å². The number of hydrogen-bond donors (Lipinski definition) is 3. The van der Waals surface area contributed by atoms with Crippen LogP contribution in [0.15, 0.2) is 18.2 Å². The molecule has 6 heteroatoms. The highest BCUT2D eigenvalue weighted by molar-refractivity contribution is 6.31. The number of piperazine rings is 1. The van der Waals surface area contributed by atoms with E-state index in [2.05, 4.69) is 12.2 Å². The standard InChI is InChI=1S/C16H24ClN3O2/c1-4-19-7-9-20(10-8-19)12(2)16(21)18-14-11-13(17)5-6-15(14)22-3/h5-6,11-12H,4,7-10H2,1-3H3,(H,18,21)/p+2/t12-/m0/s1. The molecular formula is C16H26ClN3O2+2. The van der Waals surface area contributed by atoms with Crippen LogP contribution in [0.4, 0.5) is 5.69 Å². The fraction of sp³-hybridized carbons (Fsp3) is 0.562. The average molecular weight is 328 g/mol. The molecule has 2 rings (SSSR count). The van der Waals surface area contributed by atoms with Gasteiger partial charge < -0.3 is 19.9 Å². The maximum Gasteiger partial charge on any atom is 0.282 e. The van der Waals surface area contributed by atoms with Gasteiger partial charge in [-0.1, -0.05) is 11.6 Å². The van der Waals surface area contributed by atoms with Gasteiger partial charge in [0.1, 0.15) is 31.9 Å². The van der Waals surface area contributed by atoms with Crippen LogP contribution in [0, 0.1) is 0 Å². The number of likely N-dealkylation sites (N-methyl/N-ethyl adjacent to an activating group) is 1. The molecule has 0 aliphatic carbocycles. The maximum absolute atomic E-state index is 12.5. The molecule has 1 aromatic carbocycles. The van der Waals surface area contributed by atoms with E-state index in [9.17, 15) is 4.79 Å². The molecular weight excluding hydrogens is 302 g/mol. The molecule has 1 amide bonds. The molecule has 0 unspecified atom stereocenters. The van der Waals surface area contributed by atoms with Crippen LogP contribution >= 0.6 is 11.6 Å². The number of amides is 1. The zero-order valence-electron chi connectivity index (χ0n) is 13.5. The van der Waals surface area contributed by atoms with Gasteiger partial charge in [0.15, 0.2) is 6.04 Å². The van der Waals surface area contributed by atoms with Gasteiger partial charge in [-0.2, -0.15) is 0 Å². The molecule has 1 atom stereocenters. The van der Waals surface area contributed by atoms with Crippen molar-refractivity contribution in [3.8, 4) is 5.75 Å². The van der Waals surface area contributed by atoms with Crippen molar-refractivity contribution in [3.05, 3.63) is 23.2 Å². The molecule has 122 valence electrons. The number of halogens is 1. The molecule has 0 radical (unpaired) electrons. The van der Waals surface area contributed by atoms with Gasteiger partial charge in [0.05, 0.1) is 19.3 Å². The predicted molar refractivity (Wildman–Crippen MR) is 88.0 cm³/mol. The highest BCUT2D eigenvalue weighted by Gasteiger charge is 2.30. The number of carbonyl (C=O) groups is 1. The molecule has 0 saturated carbocycles. The largest absolute Gasteiger partial charge is 0.495 e. The highest BCUT2D eigenvalue weighted by Crippen LogP contribution is 2.27. The van der Waals surface area contributed by atoms with Gasteiger partial charge in [-0.05, 0) is 32.0 Å². The molecule has 3 N–H and O–H groups in total. The Morgan fingerprint density at radius 2 is 2.05 bits per heavy atom. The Balaban J connectivity index is 1.98. The summed E-state index contributed by atoms with van der Waals surface area (Å²) in [5, 5.41) is 3.53. The first-order valence-corrected chi connectivity index (χ1v) is 8.25. The van der Waals surface area contributed by atoms with E-state index in [0.717, 1.165) is 32.7 Å². The zero-order valence-corrected chi connectivity index (χ0v) is 14.3. The average Bonchev–Trinajstić information content (AvgIpc) is 2.54. The molecule has 1 aliphatic rings. The second-order valence-corrected chi connectivity index (χ2v) is 6.25. The minimum absolute atomic E-state index is 0.00974. The smallest absolute Gasteiger partial charge is 0.282 e. The minimum Gasteiger partial charge on any atom is -0.495 e. The summed E-state index contributed by atoms with van der Waals surface area (Å²) in [5.74, 6) is 0.635. The Hall–Kier alpha value is -1.30. The minimum atomic E-state index is -0.0814. The van der Waals surface area contributed by atoms with Crippen LogP contribution in [0.3, 0.4) is 0 Å². The van der Waals surface area contributed by atoms with E-state index in [4.69, 9.17) is 16.3 Å². The molecule has 5 nitrogen and oxygen atoms in total. The molecule has 0 bridgehead atoms. The number of hydrogen-bond acceptors (Lipinski definition) is 2. The second kappa shape index (κ2) is 7.81. The molecule has 1 aliphatic heterocycles. The van der Waals surface area contributed by atoms with Gasteiger partial charge in [-0.15, -0.1) is 0 Å². The van der Waals surface area contributed by atoms with Crippen molar-refractivity contribution < 1.29 is 19.3 Å². The summed E-state index contributed by atoms with van der Waals surface area (Å²) in [6.07, 6.45) is 0. The maximum atomic E-state index is 12.5. The third-order valence-corrected chi connectivity index (χ3v) is 4.76. The van der Waals surface area contributed by atoms with Crippen LogP contribution in [-0.2, 0) is 4.79 Å². The third kappa shape index (κ3) is 4.12. The Morgan fingerprint density at radius 1 is 1.36 bits per heavy atom. The number of anilines is 1. The SMILES string of the molecule is CC[NH+]1CC[NH+]([C@@H](C)C(=O)Nc2cc(Cl)ccc2OC)CC1.